The first-order chi connectivity index (χ1) is 9.79. The Bertz CT molecular complexity index is 324. The van der Waals surface area contributed by atoms with Crippen molar-refractivity contribution in [2.75, 3.05) is 19.8 Å². The molecule has 114 valence electrons. The molecule has 2 fully saturated rings. The van der Waals surface area contributed by atoms with E-state index >= 15 is 0 Å². The molecule has 20 heavy (non-hydrogen) atoms. The van der Waals surface area contributed by atoms with Gasteiger partial charge in [-0.05, 0) is 37.7 Å². The number of carbonyl (C=O) groups is 1. The number of aliphatic hydroxyl groups is 1. The summed E-state index contributed by atoms with van der Waals surface area (Å²) in [5, 5.41) is 12.5. The van der Waals surface area contributed by atoms with E-state index in [1.165, 1.54) is 6.42 Å². The average molecular weight is 281 g/mol. The summed E-state index contributed by atoms with van der Waals surface area (Å²) >= 11 is 0. The standard InChI is InChI=1S/C16H27NO3/c18-12-14-4-2-1-3-5-15(14)17-16(19)7-6-13-8-10-20-11-9-13/h6-7,13-15,18H,1-5,8-12H2,(H,17,19)/b7-6+. The van der Waals surface area contributed by atoms with Gasteiger partial charge in [0, 0.05) is 31.8 Å². The van der Waals surface area contributed by atoms with Crippen LogP contribution in [0.4, 0.5) is 0 Å². The first-order valence-electron chi connectivity index (χ1n) is 7.97. The van der Waals surface area contributed by atoms with E-state index in [2.05, 4.69) is 5.32 Å². The van der Waals surface area contributed by atoms with E-state index in [1.807, 2.05) is 6.08 Å². The van der Waals surface area contributed by atoms with Crippen LogP contribution in [0.1, 0.15) is 44.9 Å². The van der Waals surface area contributed by atoms with Crippen LogP contribution < -0.4 is 5.32 Å². The molecule has 0 bridgehead atoms. The summed E-state index contributed by atoms with van der Waals surface area (Å²) in [5.41, 5.74) is 0. The van der Waals surface area contributed by atoms with E-state index in [1.54, 1.807) is 6.08 Å². The summed E-state index contributed by atoms with van der Waals surface area (Å²) < 4.78 is 5.31. The van der Waals surface area contributed by atoms with Crippen LogP contribution in [0.3, 0.4) is 0 Å². The van der Waals surface area contributed by atoms with Gasteiger partial charge in [-0.25, -0.2) is 0 Å². The molecule has 2 aliphatic rings. The van der Waals surface area contributed by atoms with Crippen molar-refractivity contribution < 1.29 is 14.6 Å². The fourth-order valence-electron chi connectivity index (χ4n) is 3.16. The highest BCUT2D eigenvalue weighted by atomic mass is 16.5. The lowest BCUT2D eigenvalue weighted by molar-refractivity contribution is -0.117. The molecule has 1 aliphatic carbocycles. The fourth-order valence-corrected chi connectivity index (χ4v) is 3.16. The molecule has 2 unspecified atom stereocenters. The molecule has 0 aromatic carbocycles. The number of hydrogen-bond acceptors (Lipinski definition) is 3. The van der Waals surface area contributed by atoms with Gasteiger partial charge in [0.05, 0.1) is 0 Å². The van der Waals surface area contributed by atoms with Gasteiger partial charge < -0.3 is 15.2 Å². The largest absolute Gasteiger partial charge is 0.396 e. The highest BCUT2D eigenvalue weighted by molar-refractivity contribution is 5.87. The normalized spacial score (nSPS) is 29.2. The van der Waals surface area contributed by atoms with Crippen molar-refractivity contribution in [2.24, 2.45) is 11.8 Å². The molecule has 2 rings (SSSR count). The molecule has 1 amide bonds. The van der Waals surface area contributed by atoms with E-state index in [9.17, 15) is 9.90 Å². The number of nitrogens with one attached hydrogen (secondary N) is 1. The summed E-state index contributed by atoms with van der Waals surface area (Å²) in [6.45, 7) is 1.77. The molecule has 2 atom stereocenters. The van der Waals surface area contributed by atoms with E-state index in [0.717, 1.165) is 51.7 Å². The van der Waals surface area contributed by atoms with Gasteiger partial charge in [0.1, 0.15) is 0 Å². The van der Waals surface area contributed by atoms with Crippen molar-refractivity contribution in [1.82, 2.24) is 5.32 Å². The third-order valence-corrected chi connectivity index (χ3v) is 4.51. The molecule has 0 radical (unpaired) electrons. The molecule has 2 N–H and O–H groups in total. The summed E-state index contributed by atoms with van der Waals surface area (Å²) in [7, 11) is 0. The minimum Gasteiger partial charge on any atom is -0.396 e. The lowest BCUT2D eigenvalue weighted by atomic mass is 9.95. The summed E-state index contributed by atoms with van der Waals surface area (Å²) in [5.74, 6) is 0.678. The number of ether oxygens (including phenoxy) is 1. The van der Waals surface area contributed by atoms with Gasteiger partial charge in [-0.3, -0.25) is 4.79 Å². The zero-order valence-corrected chi connectivity index (χ0v) is 12.2. The van der Waals surface area contributed by atoms with Gasteiger partial charge in [-0.2, -0.15) is 0 Å². The van der Waals surface area contributed by atoms with Crippen LogP contribution >= 0.6 is 0 Å². The molecular formula is C16H27NO3. The topological polar surface area (TPSA) is 58.6 Å². The van der Waals surface area contributed by atoms with Gasteiger partial charge in [-0.1, -0.05) is 25.3 Å². The second-order valence-electron chi connectivity index (χ2n) is 6.00. The van der Waals surface area contributed by atoms with Gasteiger partial charge in [0.25, 0.3) is 0 Å². The van der Waals surface area contributed by atoms with Crippen molar-refractivity contribution in [1.29, 1.82) is 0 Å². The first kappa shape index (κ1) is 15.5. The van der Waals surface area contributed by atoms with Crippen LogP contribution in [-0.2, 0) is 9.53 Å². The zero-order valence-electron chi connectivity index (χ0n) is 12.2. The maximum atomic E-state index is 12.0. The molecule has 1 aliphatic heterocycles. The molecule has 1 saturated carbocycles. The number of allylic oxidation sites excluding steroid dienone is 1. The van der Waals surface area contributed by atoms with Crippen LogP contribution in [0, 0.1) is 11.8 Å². The number of carbonyl (C=O) groups excluding carboxylic acids is 1. The zero-order chi connectivity index (χ0) is 14.2. The van der Waals surface area contributed by atoms with Crippen LogP contribution in [-0.4, -0.2) is 36.9 Å². The molecular weight excluding hydrogens is 254 g/mol. The van der Waals surface area contributed by atoms with E-state index in [-0.39, 0.29) is 24.5 Å². The van der Waals surface area contributed by atoms with Crippen LogP contribution in [0.15, 0.2) is 12.2 Å². The Hall–Kier alpha value is -0.870. The molecule has 1 heterocycles. The lowest BCUT2D eigenvalue weighted by Gasteiger charge is -2.24. The SMILES string of the molecule is O=C(/C=C/C1CCOCC1)NC1CCCCCC1CO. The van der Waals surface area contributed by atoms with Gasteiger partial charge in [-0.15, -0.1) is 0 Å². The Morgan fingerprint density at radius 3 is 2.65 bits per heavy atom. The quantitative estimate of drug-likeness (QED) is 0.612. The van der Waals surface area contributed by atoms with E-state index in [0.29, 0.717) is 5.92 Å². The molecule has 0 aromatic heterocycles. The van der Waals surface area contributed by atoms with Crippen LogP contribution in [0.5, 0.6) is 0 Å². The Kier molecular flexibility index (Phi) is 6.54. The molecule has 4 nitrogen and oxygen atoms in total. The van der Waals surface area contributed by atoms with Crippen molar-refractivity contribution in [3.63, 3.8) is 0 Å². The molecule has 0 spiro atoms. The predicted molar refractivity (Wildman–Crippen MR) is 78.3 cm³/mol. The number of aliphatic hydroxyl groups excluding tert-OH is 1. The third kappa shape index (κ3) is 4.91. The van der Waals surface area contributed by atoms with Gasteiger partial charge in [0.2, 0.25) is 5.91 Å². The van der Waals surface area contributed by atoms with E-state index < -0.39 is 0 Å². The second kappa shape index (κ2) is 8.42. The van der Waals surface area contributed by atoms with Gasteiger partial charge >= 0.3 is 0 Å². The van der Waals surface area contributed by atoms with Crippen LogP contribution in [0.2, 0.25) is 0 Å². The van der Waals surface area contributed by atoms with Crippen molar-refractivity contribution in [2.45, 2.75) is 51.0 Å². The Morgan fingerprint density at radius 2 is 1.90 bits per heavy atom. The Balaban J connectivity index is 1.80. The number of amides is 1. The molecule has 4 heteroatoms. The lowest BCUT2D eigenvalue weighted by Crippen LogP contribution is -2.40. The third-order valence-electron chi connectivity index (χ3n) is 4.51. The number of hydrogen-bond donors (Lipinski definition) is 2. The maximum absolute atomic E-state index is 12.0. The minimum absolute atomic E-state index is 0.0122. The monoisotopic (exact) mass is 281 g/mol. The molecule has 1 saturated heterocycles. The Labute approximate surface area is 121 Å². The highest BCUT2D eigenvalue weighted by Gasteiger charge is 2.24. The summed E-state index contributed by atoms with van der Waals surface area (Å²) in [4.78, 5) is 12.0. The number of rotatable bonds is 4. The highest BCUT2D eigenvalue weighted by Crippen LogP contribution is 2.23. The van der Waals surface area contributed by atoms with Crippen LogP contribution in [0.25, 0.3) is 0 Å². The Morgan fingerprint density at radius 1 is 1.15 bits per heavy atom. The van der Waals surface area contributed by atoms with E-state index in [4.69, 9.17) is 4.74 Å². The smallest absolute Gasteiger partial charge is 0.243 e. The maximum Gasteiger partial charge on any atom is 0.243 e. The minimum atomic E-state index is -0.0122. The fraction of sp³-hybridized carbons (Fsp3) is 0.812. The first-order valence-corrected chi connectivity index (χ1v) is 7.97. The average Bonchev–Trinajstić information content (AvgIpc) is 2.71. The van der Waals surface area contributed by atoms with Crippen molar-refractivity contribution in [3.05, 3.63) is 12.2 Å². The van der Waals surface area contributed by atoms with Gasteiger partial charge in [0.15, 0.2) is 0 Å². The van der Waals surface area contributed by atoms with Crippen molar-refractivity contribution in [3.8, 4) is 0 Å². The second-order valence-corrected chi connectivity index (χ2v) is 6.00. The summed E-state index contributed by atoms with van der Waals surface area (Å²) in [6.07, 6.45) is 11.2. The summed E-state index contributed by atoms with van der Waals surface area (Å²) in [6, 6.07) is 0.134. The predicted octanol–water partition coefficient (Wildman–Crippen LogP) is 2.03. The molecule has 0 aromatic rings. The van der Waals surface area contributed by atoms with Crippen molar-refractivity contribution >= 4 is 5.91 Å².